The molecule has 3 unspecified atom stereocenters. The van der Waals surface area contributed by atoms with E-state index < -0.39 is 0 Å². The van der Waals surface area contributed by atoms with E-state index in [-0.39, 0.29) is 12.0 Å². The Morgan fingerprint density at radius 3 is 2.40 bits per heavy atom. The maximum Gasteiger partial charge on any atom is 0.323 e. The van der Waals surface area contributed by atoms with Crippen molar-refractivity contribution in [3.05, 3.63) is 0 Å². The van der Waals surface area contributed by atoms with Crippen LogP contribution in [0.3, 0.4) is 0 Å². The van der Waals surface area contributed by atoms with Crippen molar-refractivity contribution < 1.29 is 9.53 Å². The van der Waals surface area contributed by atoms with Crippen LogP contribution in [0, 0.1) is 0 Å². The van der Waals surface area contributed by atoms with Gasteiger partial charge in [0.15, 0.2) is 0 Å². The first-order valence-electron chi connectivity index (χ1n) is 5.68. The van der Waals surface area contributed by atoms with Crippen LogP contribution in [0.15, 0.2) is 0 Å². The molecular formula is C11H22N2O2. The van der Waals surface area contributed by atoms with Crippen molar-refractivity contribution in [3.8, 4) is 0 Å². The quantitative estimate of drug-likeness (QED) is 0.719. The average molecular weight is 214 g/mol. The summed E-state index contributed by atoms with van der Waals surface area (Å²) < 4.78 is 4.70. The van der Waals surface area contributed by atoms with Gasteiger partial charge in [-0.05, 0) is 33.6 Å². The molecule has 4 heteroatoms. The van der Waals surface area contributed by atoms with Crippen molar-refractivity contribution in [3.63, 3.8) is 0 Å². The number of nitrogens with one attached hydrogen (secondary N) is 1. The number of esters is 1. The molecule has 4 nitrogen and oxygen atoms in total. The fourth-order valence-electron chi connectivity index (χ4n) is 2.13. The van der Waals surface area contributed by atoms with Gasteiger partial charge in [-0.15, -0.1) is 0 Å². The Morgan fingerprint density at radius 2 is 1.93 bits per heavy atom. The van der Waals surface area contributed by atoms with Crippen LogP contribution in [0.1, 0.15) is 40.0 Å². The van der Waals surface area contributed by atoms with Crippen LogP contribution in [0.5, 0.6) is 0 Å². The highest BCUT2D eigenvalue weighted by atomic mass is 16.5. The minimum Gasteiger partial charge on any atom is -0.468 e. The minimum absolute atomic E-state index is 0.208. The van der Waals surface area contributed by atoms with E-state index in [0.29, 0.717) is 12.1 Å². The normalized spacial score (nSPS) is 29.9. The average Bonchev–Trinajstić information content (AvgIpc) is 2.22. The van der Waals surface area contributed by atoms with Gasteiger partial charge in [-0.3, -0.25) is 4.79 Å². The van der Waals surface area contributed by atoms with E-state index in [2.05, 4.69) is 24.3 Å². The standard InChI is InChI=1S/C11H22N2O2/c1-8-6-5-7-9(2)13(8)12-10(3)11(14)15-4/h8-10,12H,5-7H2,1-4H3. The van der Waals surface area contributed by atoms with Gasteiger partial charge in [0.05, 0.1) is 7.11 Å². The zero-order valence-corrected chi connectivity index (χ0v) is 10.1. The molecule has 0 aliphatic carbocycles. The zero-order valence-electron chi connectivity index (χ0n) is 10.1. The summed E-state index contributed by atoms with van der Waals surface area (Å²) >= 11 is 0. The van der Waals surface area contributed by atoms with Crippen molar-refractivity contribution >= 4 is 5.97 Å². The first-order chi connectivity index (χ1) is 7.06. The molecule has 0 spiro atoms. The summed E-state index contributed by atoms with van der Waals surface area (Å²) in [5.41, 5.74) is 3.23. The molecule has 1 aliphatic heterocycles. The Balaban J connectivity index is 2.50. The smallest absolute Gasteiger partial charge is 0.323 e. The van der Waals surface area contributed by atoms with Crippen molar-refractivity contribution in [2.75, 3.05) is 7.11 Å². The molecule has 88 valence electrons. The van der Waals surface area contributed by atoms with Gasteiger partial charge in [-0.25, -0.2) is 10.4 Å². The molecule has 1 N–H and O–H groups in total. The van der Waals surface area contributed by atoms with E-state index in [1.54, 1.807) is 0 Å². The second-order valence-corrected chi connectivity index (χ2v) is 4.41. The lowest BCUT2D eigenvalue weighted by molar-refractivity contribution is -0.145. The number of hydrogen-bond acceptors (Lipinski definition) is 4. The van der Waals surface area contributed by atoms with Crippen molar-refractivity contribution in [1.29, 1.82) is 0 Å². The van der Waals surface area contributed by atoms with Gasteiger partial charge in [0.25, 0.3) is 0 Å². The van der Waals surface area contributed by atoms with Crippen LogP contribution in [-0.2, 0) is 9.53 Å². The largest absolute Gasteiger partial charge is 0.468 e. The SMILES string of the molecule is COC(=O)C(C)NN1C(C)CCCC1C. The van der Waals surface area contributed by atoms with Crippen LogP contribution in [0.25, 0.3) is 0 Å². The summed E-state index contributed by atoms with van der Waals surface area (Å²) in [4.78, 5) is 11.3. The number of hydrogen-bond donors (Lipinski definition) is 1. The Morgan fingerprint density at radius 1 is 1.40 bits per heavy atom. The maximum absolute atomic E-state index is 11.3. The number of nitrogens with zero attached hydrogens (tertiary/aromatic N) is 1. The maximum atomic E-state index is 11.3. The molecule has 0 bridgehead atoms. The highest BCUT2D eigenvalue weighted by molar-refractivity contribution is 5.74. The Kier molecular flexibility index (Phi) is 4.54. The van der Waals surface area contributed by atoms with Crippen molar-refractivity contribution in [2.24, 2.45) is 0 Å². The molecule has 0 radical (unpaired) electrons. The monoisotopic (exact) mass is 214 g/mol. The minimum atomic E-state index is -0.266. The van der Waals surface area contributed by atoms with Crippen LogP contribution in [-0.4, -0.2) is 36.2 Å². The number of methoxy groups -OCH3 is 1. The summed E-state index contributed by atoms with van der Waals surface area (Å²) in [6.45, 7) is 6.21. The number of carbonyl (C=O) groups excluding carboxylic acids is 1. The lowest BCUT2D eigenvalue weighted by atomic mass is 10.00. The van der Waals surface area contributed by atoms with Gasteiger partial charge in [-0.1, -0.05) is 6.42 Å². The van der Waals surface area contributed by atoms with Crippen molar-refractivity contribution in [1.82, 2.24) is 10.4 Å². The van der Waals surface area contributed by atoms with Gasteiger partial charge in [-0.2, -0.15) is 0 Å². The highest BCUT2D eigenvalue weighted by Crippen LogP contribution is 2.20. The van der Waals surface area contributed by atoms with Crippen LogP contribution < -0.4 is 5.43 Å². The second kappa shape index (κ2) is 5.47. The third kappa shape index (κ3) is 3.18. The van der Waals surface area contributed by atoms with Gasteiger partial charge >= 0.3 is 5.97 Å². The Hall–Kier alpha value is -0.610. The molecule has 1 saturated heterocycles. The number of ether oxygens (including phenoxy) is 1. The van der Waals surface area contributed by atoms with Gasteiger partial charge in [0.2, 0.25) is 0 Å². The first kappa shape index (κ1) is 12.5. The molecule has 3 atom stereocenters. The van der Waals surface area contributed by atoms with Crippen LogP contribution in [0.4, 0.5) is 0 Å². The number of rotatable bonds is 3. The molecule has 0 amide bonds. The van der Waals surface area contributed by atoms with E-state index >= 15 is 0 Å². The molecule has 0 aromatic carbocycles. The predicted molar refractivity (Wildman–Crippen MR) is 59.2 cm³/mol. The summed E-state index contributed by atoms with van der Waals surface area (Å²) in [5.74, 6) is -0.208. The van der Waals surface area contributed by atoms with E-state index in [9.17, 15) is 4.79 Å². The molecule has 0 aromatic rings. The van der Waals surface area contributed by atoms with E-state index in [4.69, 9.17) is 4.74 Å². The van der Waals surface area contributed by atoms with Gasteiger partial charge in [0.1, 0.15) is 6.04 Å². The third-order valence-electron chi connectivity index (χ3n) is 3.09. The van der Waals surface area contributed by atoms with E-state index in [1.807, 2.05) is 6.92 Å². The molecule has 0 aromatic heterocycles. The predicted octanol–water partition coefficient (Wildman–Crippen LogP) is 1.32. The molecule has 1 heterocycles. The van der Waals surface area contributed by atoms with Crippen LogP contribution in [0.2, 0.25) is 0 Å². The zero-order chi connectivity index (χ0) is 11.4. The summed E-state index contributed by atoms with van der Waals surface area (Å²) in [7, 11) is 1.42. The first-order valence-corrected chi connectivity index (χ1v) is 5.68. The van der Waals surface area contributed by atoms with Gasteiger partial charge in [0, 0.05) is 12.1 Å². The summed E-state index contributed by atoms with van der Waals surface area (Å²) in [6, 6.07) is 0.708. The fourth-order valence-corrected chi connectivity index (χ4v) is 2.13. The lowest BCUT2D eigenvalue weighted by Crippen LogP contribution is -2.56. The summed E-state index contributed by atoms with van der Waals surface area (Å²) in [5, 5.41) is 2.19. The summed E-state index contributed by atoms with van der Waals surface area (Å²) in [6.07, 6.45) is 3.64. The van der Waals surface area contributed by atoms with Crippen molar-refractivity contribution in [2.45, 2.75) is 58.2 Å². The van der Waals surface area contributed by atoms with Gasteiger partial charge < -0.3 is 4.74 Å². The topological polar surface area (TPSA) is 41.6 Å². The molecule has 0 saturated carbocycles. The second-order valence-electron chi connectivity index (χ2n) is 4.41. The van der Waals surface area contributed by atoms with E-state index in [1.165, 1.54) is 26.4 Å². The lowest BCUT2D eigenvalue weighted by Gasteiger charge is -2.40. The Labute approximate surface area is 91.9 Å². The molecule has 1 rings (SSSR count). The number of carbonyl (C=O) groups is 1. The molecular weight excluding hydrogens is 192 g/mol. The highest BCUT2D eigenvalue weighted by Gasteiger charge is 2.27. The van der Waals surface area contributed by atoms with E-state index in [0.717, 1.165) is 0 Å². The number of piperidine rings is 1. The van der Waals surface area contributed by atoms with Crippen LogP contribution >= 0.6 is 0 Å². The number of hydrazine groups is 1. The Bertz CT molecular complexity index is 211. The third-order valence-corrected chi connectivity index (χ3v) is 3.09. The molecule has 15 heavy (non-hydrogen) atoms. The molecule has 1 fully saturated rings. The molecule has 1 aliphatic rings. The fraction of sp³-hybridized carbons (Fsp3) is 0.909.